The van der Waals surface area contributed by atoms with E-state index in [1.54, 1.807) is 18.4 Å². The minimum atomic E-state index is 0. The Labute approximate surface area is 158 Å². The van der Waals surface area contributed by atoms with E-state index in [0.29, 0.717) is 25.7 Å². The quantitative estimate of drug-likeness (QED) is 0.297. The van der Waals surface area contributed by atoms with Crippen LogP contribution in [0.2, 0.25) is 0 Å². The smallest absolute Gasteiger partial charge is 0.244 e. The normalized spacial score (nSPS) is 14.0. The van der Waals surface area contributed by atoms with Gasteiger partial charge in [0.1, 0.15) is 6.54 Å². The maximum absolute atomic E-state index is 12.3. The largest absolute Gasteiger partial charge is 0.383 e. The number of rotatable bonds is 6. The maximum atomic E-state index is 12.3. The van der Waals surface area contributed by atoms with E-state index in [-0.39, 0.29) is 36.4 Å². The van der Waals surface area contributed by atoms with Crippen molar-refractivity contribution in [3.8, 4) is 0 Å². The van der Waals surface area contributed by atoms with Crippen LogP contribution in [0.3, 0.4) is 0 Å². The van der Waals surface area contributed by atoms with Crippen molar-refractivity contribution in [1.82, 2.24) is 15.5 Å². The first-order valence-electron chi connectivity index (χ1n) is 7.58. The second-order valence-corrected chi connectivity index (χ2v) is 6.05. The van der Waals surface area contributed by atoms with Crippen LogP contribution in [0, 0.1) is 0 Å². The van der Waals surface area contributed by atoms with E-state index >= 15 is 0 Å². The molecule has 23 heavy (non-hydrogen) atoms. The van der Waals surface area contributed by atoms with Crippen LogP contribution in [-0.4, -0.2) is 56.7 Å². The van der Waals surface area contributed by atoms with Crippen molar-refractivity contribution in [2.45, 2.75) is 19.9 Å². The molecule has 2 rings (SSSR count). The molecule has 0 saturated carbocycles. The summed E-state index contributed by atoms with van der Waals surface area (Å²) in [6, 6.07) is 2.11. The number of guanidine groups is 1. The summed E-state index contributed by atoms with van der Waals surface area (Å²) in [4.78, 5) is 20.0. The topological polar surface area (TPSA) is 66.0 Å². The average molecular weight is 452 g/mol. The summed E-state index contributed by atoms with van der Waals surface area (Å²) in [5.74, 6) is 0.724. The molecule has 0 saturated heterocycles. The van der Waals surface area contributed by atoms with Crippen LogP contribution in [0.1, 0.15) is 17.4 Å². The maximum Gasteiger partial charge on any atom is 0.244 e. The molecule has 1 amide bonds. The predicted molar refractivity (Wildman–Crippen MR) is 105 cm³/mol. The Hall–Kier alpha value is -0.870. The molecule has 0 atom stereocenters. The molecule has 1 aromatic heterocycles. The number of nitrogens with zero attached hydrogens (tertiary/aromatic N) is 2. The molecule has 0 spiro atoms. The third-order valence-electron chi connectivity index (χ3n) is 3.48. The summed E-state index contributed by atoms with van der Waals surface area (Å²) in [5.41, 5.74) is 1.28. The van der Waals surface area contributed by atoms with E-state index in [1.807, 2.05) is 11.8 Å². The minimum Gasteiger partial charge on any atom is -0.383 e. The first-order chi connectivity index (χ1) is 10.7. The van der Waals surface area contributed by atoms with Crippen LogP contribution < -0.4 is 10.6 Å². The third kappa shape index (κ3) is 6.27. The number of carbonyl (C=O) groups excluding carboxylic acids is 1. The lowest BCUT2D eigenvalue weighted by molar-refractivity contribution is -0.130. The molecule has 1 aliphatic rings. The van der Waals surface area contributed by atoms with Gasteiger partial charge in [-0.15, -0.1) is 35.3 Å². The van der Waals surface area contributed by atoms with Gasteiger partial charge in [-0.25, -0.2) is 4.99 Å². The molecule has 0 fully saturated rings. The van der Waals surface area contributed by atoms with E-state index < -0.39 is 0 Å². The Balaban J connectivity index is 0.00000264. The van der Waals surface area contributed by atoms with Crippen molar-refractivity contribution in [1.29, 1.82) is 0 Å². The predicted octanol–water partition coefficient (Wildman–Crippen LogP) is 1.45. The fourth-order valence-corrected chi connectivity index (χ4v) is 3.21. The summed E-state index contributed by atoms with van der Waals surface area (Å²) in [6.07, 6.45) is 0.953. The molecule has 0 aliphatic carbocycles. The second-order valence-electron chi connectivity index (χ2n) is 5.05. The first-order valence-corrected chi connectivity index (χ1v) is 8.46. The highest BCUT2D eigenvalue weighted by Crippen LogP contribution is 2.23. The Kier molecular flexibility index (Phi) is 9.49. The zero-order valence-corrected chi connectivity index (χ0v) is 16.8. The molecule has 0 aromatic carbocycles. The molecule has 1 aromatic rings. The molecule has 8 heteroatoms. The van der Waals surface area contributed by atoms with Gasteiger partial charge in [0.25, 0.3) is 0 Å². The molecular weight excluding hydrogens is 427 g/mol. The average Bonchev–Trinajstić information content (AvgIpc) is 3.00. The highest BCUT2D eigenvalue weighted by Gasteiger charge is 2.21. The van der Waals surface area contributed by atoms with E-state index in [1.165, 1.54) is 10.4 Å². The van der Waals surface area contributed by atoms with Crippen molar-refractivity contribution < 1.29 is 9.53 Å². The van der Waals surface area contributed by atoms with Gasteiger partial charge in [0.15, 0.2) is 5.96 Å². The Morgan fingerprint density at radius 1 is 1.48 bits per heavy atom. The van der Waals surface area contributed by atoms with Crippen LogP contribution in [0.5, 0.6) is 0 Å². The number of fused-ring (bicyclic) bond motifs is 1. The molecule has 2 heterocycles. The minimum absolute atomic E-state index is 0. The highest BCUT2D eigenvalue weighted by atomic mass is 127. The van der Waals surface area contributed by atoms with Crippen LogP contribution in [0.4, 0.5) is 0 Å². The van der Waals surface area contributed by atoms with E-state index in [2.05, 4.69) is 27.1 Å². The number of hydrogen-bond donors (Lipinski definition) is 2. The van der Waals surface area contributed by atoms with Gasteiger partial charge in [0.05, 0.1) is 6.61 Å². The molecule has 1 aliphatic heterocycles. The lowest BCUT2D eigenvalue weighted by Crippen LogP contribution is -2.41. The zero-order chi connectivity index (χ0) is 15.8. The molecule has 0 unspecified atom stereocenters. The lowest BCUT2D eigenvalue weighted by atomic mass is 10.1. The molecule has 130 valence electrons. The van der Waals surface area contributed by atoms with E-state index in [0.717, 1.165) is 19.5 Å². The summed E-state index contributed by atoms with van der Waals surface area (Å²) < 4.78 is 5.00. The van der Waals surface area contributed by atoms with Crippen LogP contribution in [0.15, 0.2) is 16.4 Å². The van der Waals surface area contributed by atoms with Crippen LogP contribution >= 0.6 is 35.3 Å². The number of thiophene rings is 1. The molecule has 0 radical (unpaired) electrons. The summed E-state index contributed by atoms with van der Waals surface area (Å²) in [6.45, 7) is 5.69. The molecular formula is C15H25IN4O2S. The summed E-state index contributed by atoms with van der Waals surface area (Å²) in [5, 5.41) is 8.36. The van der Waals surface area contributed by atoms with Crippen molar-refractivity contribution in [3.05, 3.63) is 21.9 Å². The lowest BCUT2D eigenvalue weighted by Gasteiger charge is -2.26. The molecule has 2 N–H and O–H groups in total. The Morgan fingerprint density at radius 2 is 2.30 bits per heavy atom. The van der Waals surface area contributed by atoms with Gasteiger partial charge in [-0.3, -0.25) is 4.79 Å². The number of carbonyl (C=O) groups is 1. The van der Waals surface area contributed by atoms with Gasteiger partial charge >= 0.3 is 0 Å². The summed E-state index contributed by atoms with van der Waals surface area (Å²) in [7, 11) is 1.66. The van der Waals surface area contributed by atoms with Gasteiger partial charge in [-0.1, -0.05) is 0 Å². The van der Waals surface area contributed by atoms with Gasteiger partial charge in [0, 0.05) is 38.2 Å². The van der Waals surface area contributed by atoms with Gasteiger partial charge in [-0.05, 0) is 30.4 Å². The van der Waals surface area contributed by atoms with E-state index in [4.69, 9.17) is 4.74 Å². The monoisotopic (exact) mass is 452 g/mol. The van der Waals surface area contributed by atoms with Crippen molar-refractivity contribution in [2.24, 2.45) is 4.99 Å². The van der Waals surface area contributed by atoms with Crippen molar-refractivity contribution in [2.75, 3.05) is 39.9 Å². The number of halogens is 1. The standard InChI is InChI=1S/C15H24N4O2S.HI/c1-3-16-15(17-6-8-21-2)18-10-14(20)19-7-4-13-12(11-19)5-9-22-13;/h5,9H,3-4,6-8,10-11H2,1-2H3,(H2,16,17,18);1H. The van der Waals surface area contributed by atoms with Gasteiger partial charge in [-0.2, -0.15) is 0 Å². The second kappa shape index (κ2) is 10.8. The number of aliphatic imine (C=N–C) groups is 1. The third-order valence-corrected chi connectivity index (χ3v) is 4.50. The Morgan fingerprint density at radius 3 is 3.04 bits per heavy atom. The van der Waals surface area contributed by atoms with Crippen molar-refractivity contribution in [3.63, 3.8) is 0 Å². The number of nitrogens with one attached hydrogen (secondary N) is 2. The van der Waals surface area contributed by atoms with E-state index in [9.17, 15) is 4.79 Å². The van der Waals surface area contributed by atoms with Gasteiger partial charge in [0.2, 0.25) is 5.91 Å². The Bertz CT molecular complexity index is 521. The van der Waals surface area contributed by atoms with Crippen LogP contribution in [-0.2, 0) is 22.5 Å². The SMILES string of the molecule is CCNC(=NCC(=O)N1CCc2sccc2C1)NCCOC.I. The molecule has 0 bridgehead atoms. The first kappa shape index (κ1) is 20.2. The summed E-state index contributed by atoms with van der Waals surface area (Å²) >= 11 is 1.78. The number of methoxy groups -OCH3 is 1. The fourth-order valence-electron chi connectivity index (χ4n) is 2.32. The van der Waals surface area contributed by atoms with Crippen LogP contribution in [0.25, 0.3) is 0 Å². The molecule has 6 nitrogen and oxygen atoms in total. The van der Waals surface area contributed by atoms with Gasteiger partial charge < -0.3 is 20.3 Å². The van der Waals surface area contributed by atoms with Crippen molar-refractivity contribution >= 4 is 47.2 Å². The zero-order valence-electron chi connectivity index (χ0n) is 13.6. The number of hydrogen-bond acceptors (Lipinski definition) is 4. The number of amides is 1. The fraction of sp³-hybridized carbons (Fsp3) is 0.600. The highest BCUT2D eigenvalue weighted by molar-refractivity contribution is 14.0. The number of ether oxygens (including phenoxy) is 1.